The van der Waals surface area contributed by atoms with Crippen molar-refractivity contribution in [1.82, 2.24) is 9.55 Å². The lowest BCUT2D eigenvalue weighted by atomic mass is 10.1. The third-order valence-electron chi connectivity index (χ3n) is 4.13. The standard InChI is InChI=1S/C19H18N2O4/c1-11(22)14(19(23)25-4)9-12-10-16(24-3)18-17(20-12)13-7-5-6-8-15(13)21(18)2/h5-10H,1-4H3/b14-9+. The van der Waals surface area contributed by atoms with E-state index in [1.54, 1.807) is 13.2 Å². The number of hydrogen-bond donors (Lipinski definition) is 0. The molecule has 0 aliphatic rings. The Hall–Kier alpha value is -3.15. The smallest absolute Gasteiger partial charge is 0.341 e. The fourth-order valence-electron chi connectivity index (χ4n) is 2.92. The number of pyridine rings is 1. The number of methoxy groups -OCH3 is 2. The predicted octanol–water partition coefficient (Wildman–Crippen LogP) is 2.88. The molecule has 3 aromatic rings. The van der Waals surface area contributed by atoms with Crippen molar-refractivity contribution in [3.05, 3.63) is 41.6 Å². The lowest BCUT2D eigenvalue weighted by Crippen LogP contribution is -2.11. The third-order valence-corrected chi connectivity index (χ3v) is 4.13. The van der Waals surface area contributed by atoms with Gasteiger partial charge in [-0.15, -0.1) is 0 Å². The van der Waals surface area contributed by atoms with Crippen molar-refractivity contribution < 1.29 is 19.1 Å². The molecule has 0 amide bonds. The Labute approximate surface area is 144 Å². The first-order chi connectivity index (χ1) is 12.0. The van der Waals surface area contributed by atoms with Crippen molar-refractivity contribution in [2.24, 2.45) is 7.05 Å². The molecular formula is C19H18N2O4. The van der Waals surface area contributed by atoms with Crippen LogP contribution in [-0.4, -0.2) is 35.5 Å². The molecule has 0 N–H and O–H groups in total. The van der Waals surface area contributed by atoms with Crippen LogP contribution in [0.4, 0.5) is 0 Å². The summed E-state index contributed by atoms with van der Waals surface area (Å²) in [5.41, 5.74) is 3.01. The zero-order valence-electron chi connectivity index (χ0n) is 14.5. The second-order valence-electron chi connectivity index (χ2n) is 5.63. The maximum atomic E-state index is 11.8. The highest BCUT2D eigenvalue weighted by molar-refractivity contribution is 6.19. The molecule has 0 fully saturated rings. The van der Waals surface area contributed by atoms with Gasteiger partial charge in [0.2, 0.25) is 0 Å². The van der Waals surface area contributed by atoms with E-state index in [4.69, 9.17) is 4.74 Å². The molecule has 0 atom stereocenters. The first kappa shape index (κ1) is 16.7. The van der Waals surface area contributed by atoms with E-state index in [0.29, 0.717) is 11.4 Å². The number of esters is 1. The summed E-state index contributed by atoms with van der Waals surface area (Å²) in [4.78, 5) is 28.2. The summed E-state index contributed by atoms with van der Waals surface area (Å²) in [6.07, 6.45) is 1.43. The Balaban J connectivity index is 2.33. The Bertz CT molecular complexity index is 1030. The fourth-order valence-corrected chi connectivity index (χ4v) is 2.92. The molecule has 0 aliphatic carbocycles. The normalized spacial score (nSPS) is 11.8. The van der Waals surface area contributed by atoms with E-state index in [0.717, 1.165) is 21.9 Å². The molecule has 25 heavy (non-hydrogen) atoms. The molecule has 1 aromatic carbocycles. The molecule has 0 saturated carbocycles. The molecule has 0 saturated heterocycles. The van der Waals surface area contributed by atoms with Crippen molar-refractivity contribution in [2.75, 3.05) is 14.2 Å². The second kappa shape index (κ2) is 6.39. The van der Waals surface area contributed by atoms with Gasteiger partial charge in [0.05, 0.1) is 25.4 Å². The Morgan fingerprint density at radius 1 is 1.20 bits per heavy atom. The van der Waals surface area contributed by atoms with Gasteiger partial charge in [-0.3, -0.25) is 4.79 Å². The maximum absolute atomic E-state index is 11.8. The molecule has 6 heteroatoms. The molecule has 0 spiro atoms. The van der Waals surface area contributed by atoms with Gasteiger partial charge in [-0.05, 0) is 19.1 Å². The zero-order chi connectivity index (χ0) is 18.1. The van der Waals surface area contributed by atoms with Crippen LogP contribution >= 0.6 is 0 Å². The number of Topliss-reactive ketones (excluding diaryl/α,β-unsaturated/α-hetero) is 1. The van der Waals surface area contributed by atoms with Crippen LogP contribution in [0.5, 0.6) is 5.75 Å². The van der Waals surface area contributed by atoms with Crippen molar-refractivity contribution in [1.29, 1.82) is 0 Å². The van der Waals surface area contributed by atoms with Gasteiger partial charge < -0.3 is 14.0 Å². The van der Waals surface area contributed by atoms with E-state index in [2.05, 4.69) is 9.72 Å². The van der Waals surface area contributed by atoms with Gasteiger partial charge >= 0.3 is 5.97 Å². The Morgan fingerprint density at radius 3 is 2.56 bits per heavy atom. The van der Waals surface area contributed by atoms with Crippen molar-refractivity contribution in [3.8, 4) is 5.75 Å². The predicted molar refractivity (Wildman–Crippen MR) is 95.4 cm³/mol. The van der Waals surface area contributed by atoms with E-state index >= 15 is 0 Å². The minimum atomic E-state index is -0.689. The highest BCUT2D eigenvalue weighted by atomic mass is 16.5. The average molecular weight is 338 g/mol. The van der Waals surface area contributed by atoms with Gasteiger partial charge in [-0.25, -0.2) is 9.78 Å². The van der Waals surface area contributed by atoms with Crippen LogP contribution in [-0.2, 0) is 21.4 Å². The minimum Gasteiger partial charge on any atom is -0.494 e. The topological polar surface area (TPSA) is 70.4 Å². The number of carbonyl (C=O) groups is 2. The quantitative estimate of drug-likeness (QED) is 0.317. The molecule has 6 nitrogen and oxygen atoms in total. The van der Waals surface area contributed by atoms with Crippen LogP contribution in [0, 0.1) is 0 Å². The first-order valence-corrected chi connectivity index (χ1v) is 7.71. The van der Waals surface area contributed by atoms with Crippen LogP contribution in [0.3, 0.4) is 0 Å². The molecule has 2 heterocycles. The van der Waals surface area contributed by atoms with E-state index < -0.39 is 5.97 Å². The number of nitrogens with zero attached hydrogens (tertiary/aromatic N) is 2. The number of ether oxygens (including phenoxy) is 2. The van der Waals surface area contributed by atoms with E-state index in [-0.39, 0.29) is 11.4 Å². The van der Waals surface area contributed by atoms with Crippen LogP contribution in [0.25, 0.3) is 28.0 Å². The van der Waals surface area contributed by atoms with Crippen LogP contribution in [0.15, 0.2) is 35.9 Å². The Morgan fingerprint density at radius 2 is 1.92 bits per heavy atom. The number of aryl methyl sites for hydroxylation is 1. The number of ketones is 1. The highest BCUT2D eigenvalue weighted by Gasteiger charge is 2.18. The molecule has 0 bridgehead atoms. The van der Waals surface area contributed by atoms with Gasteiger partial charge in [-0.1, -0.05) is 18.2 Å². The van der Waals surface area contributed by atoms with Crippen molar-refractivity contribution >= 4 is 39.8 Å². The molecule has 0 unspecified atom stereocenters. The van der Waals surface area contributed by atoms with E-state index in [1.165, 1.54) is 20.1 Å². The summed E-state index contributed by atoms with van der Waals surface area (Å²) in [5.74, 6) is -0.459. The summed E-state index contributed by atoms with van der Waals surface area (Å²) in [5, 5.41) is 0.969. The fraction of sp³-hybridized carbons (Fsp3) is 0.211. The average Bonchev–Trinajstić information content (AvgIpc) is 2.91. The van der Waals surface area contributed by atoms with Crippen LogP contribution in [0.2, 0.25) is 0 Å². The highest BCUT2D eigenvalue weighted by Crippen LogP contribution is 2.33. The van der Waals surface area contributed by atoms with Crippen molar-refractivity contribution in [3.63, 3.8) is 0 Å². The summed E-state index contributed by atoms with van der Waals surface area (Å²) in [7, 11) is 4.76. The van der Waals surface area contributed by atoms with Crippen LogP contribution < -0.4 is 4.74 Å². The number of carbonyl (C=O) groups excluding carboxylic acids is 2. The lowest BCUT2D eigenvalue weighted by molar-refractivity contribution is -0.137. The van der Waals surface area contributed by atoms with Crippen molar-refractivity contribution in [2.45, 2.75) is 6.92 Å². The SMILES string of the molecule is COC(=O)/C(=C/c1cc(OC)c2c(n1)c1ccccc1n2C)C(C)=O. The van der Waals surface area contributed by atoms with E-state index in [1.807, 2.05) is 35.9 Å². The molecule has 3 rings (SSSR count). The maximum Gasteiger partial charge on any atom is 0.341 e. The summed E-state index contributed by atoms with van der Waals surface area (Å²) in [6, 6.07) is 9.58. The van der Waals surface area contributed by atoms with Gasteiger partial charge in [0.25, 0.3) is 0 Å². The number of para-hydroxylation sites is 1. The zero-order valence-corrected chi connectivity index (χ0v) is 14.5. The summed E-state index contributed by atoms with van der Waals surface area (Å²) < 4.78 is 12.2. The molecule has 0 radical (unpaired) electrons. The molecule has 2 aromatic heterocycles. The lowest BCUT2D eigenvalue weighted by Gasteiger charge is -2.07. The number of hydrogen-bond acceptors (Lipinski definition) is 5. The summed E-state index contributed by atoms with van der Waals surface area (Å²) in [6.45, 7) is 1.32. The largest absolute Gasteiger partial charge is 0.494 e. The molecule has 128 valence electrons. The molecule has 0 aliphatic heterocycles. The second-order valence-corrected chi connectivity index (χ2v) is 5.63. The van der Waals surface area contributed by atoms with Crippen LogP contribution in [0.1, 0.15) is 12.6 Å². The number of benzene rings is 1. The van der Waals surface area contributed by atoms with Gasteiger partial charge in [0.15, 0.2) is 5.78 Å². The first-order valence-electron chi connectivity index (χ1n) is 7.71. The van der Waals surface area contributed by atoms with Gasteiger partial charge in [0, 0.05) is 18.5 Å². The summed E-state index contributed by atoms with van der Waals surface area (Å²) >= 11 is 0. The minimum absolute atomic E-state index is 0.0587. The number of aromatic nitrogens is 2. The number of fused-ring (bicyclic) bond motifs is 3. The van der Waals surface area contributed by atoms with Gasteiger partial charge in [0.1, 0.15) is 22.4 Å². The van der Waals surface area contributed by atoms with E-state index in [9.17, 15) is 9.59 Å². The number of rotatable bonds is 4. The monoisotopic (exact) mass is 338 g/mol. The molecular weight excluding hydrogens is 320 g/mol. The Kier molecular flexibility index (Phi) is 4.27. The third kappa shape index (κ3) is 2.76. The van der Waals surface area contributed by atoms with Gasteiger partial charge in [-0.2, -0.15) is 0 Å².